The van der Waals surface area contributed by atoms with Crippen molar-refractivity contribution >= 4 is 31.2 Å². The summed E-state index contributed by atoms with van der Waals surface area (Å²) in [6, 6.07) is 14.8. The van der Waals surface area contributed by atoms with Gasteiger partial charge in [-0.15, -0.1) is 0 Å². The molecule has 0 saturated carbocycles. The van der Waals surface area contributed by atoms with Gasteiger partial charge >= 0.3 is 73.7 Å². The van der Waals surface area contributed by atoms with E-state index in [4.69, 9.17) is 0 Å². The molecule has 0 aromatic heterocycles. The van der Waals surface area contributed by atoms with Crippen LogP contribution in [0.1, 0.15) is 0 Å². The molecule has 1 heteroatoms. The van der Waals surface area contributed by atoms with Crippen LogP contribution >= 0.6 is 0 Å². The molecule has 0 bridgehead atoms. The van der Waals surface area contributed by atoms with Gasteiger partial charge in [0.05, 0.1) is 0 Å². The first-order valence-corrected chi connectivity index (χ1v) is 4.48. The van der Waals surface area contributed by atoms with Gasteiger partial charge in [-0.1, -0.05) is 0 Å². The molecule has 2 aromatic rings. The second-order valence-electron chi connectivity index (χ2n) is 2.53. The monoisotopic (exact) mass is 208 g/mol. The fourth-order valence-electron chi connectivity index (χ4n) is 1.18. The molecule has 0 nitrogen and oxygen atoms in total. The summed E-state index contributed by atoms with van der Waals surface area (Å²) < 4.78 is 1.26. The molecule has 0 spiro atoms. The van der Waals surface area contributed by atoms with Crippen molar-refractivity contribution in [2.45, 2.75) is 0 Å². The maximum absolute atomic E-state index is 2.56. The third-order valence-electron chi connectivity index (χ3n) is 1.73. The van der Waals surface area contributed by atoms with Crippen LogP contribution in [-0.4, -0.2) is 16.0 Å². The fraction of sp³-hybridized carbons (Fsp3) is 0. The Kier molecular flexibility index (Phi) is 1.69. The quantitative estimate of drug-likeness (QED) is 0.572. The molecule has 11 heavy (non-hydrogen) atoms. The van der Waals surface area contributed by atoms with Gasteiger partial charge < -0.3 is 0 Å². The molecule has 2 aromatic carbocycles. The van der Waals surface area contributed by atoms with Crippen LogP contribution in [0.2, 0.25) is 0 Å². The molecule has 0 unspecified atom stereocenters. The van der Waals surface area contributed by atoms with Gasteiger partial charge in [-0.2, -0.15) is 0 Å². The van der Waals surface area contributed by atoms with E-state index >= 15 is 0 Å². The predicted molar refractivity (Wildman–Crippen MR) is 50.7 cm³/mol. The van der Waals surface area contributed by atoms with E-state index in [-0.39, 0.29) is 0 Å². The zero-order valence-electron chi connectivity index (χ0n) is 5.99. The fourth-order valence-corrected chi connectivity index (χ4v) is 1.62. The summed E-state index contributed by atoms with van der Waals surface area (Å²) in [5.41, 5.74) is 0. The van der Waals surface area contributed by atoms with Gasteiger partial charge in [-0.25, -0.2) is 0 Å². The summed E-state index contributed by atoms with van der Waals surface area (Å²) in [7, 11) is 0. The Morgan fingerprint density at radius 1 is 0.818 bits per heavy atom. The SMILES string of the molecule is [SeH]c1ccc2ccccc2c1. The Morgan fingerprint density at radius 3 is 2.36 bits per heavy atom. The van der Waals surface area contributed by atoms with Crippen LogP contribution in [0.15, 0.2) is 42.5 Å². The van der Waals surface area contributed by atoms with Crippen molar-refractivity contribution in [3.05, 3.63) is 42.5 Å². The van der Waals surface area contributed by atoms with Crippen LogP contribution in [0, 0.1) is 0 Å². The van der Waals surface area contributed by atoms with Gasteiger partial charge in [0.25, 0.3) is 0 Å². The summed E-state index contributed by atoms with van der Waals surface area (Å²) >= 11 is 2.56. The van der Waals surface area contributed by atoms with E-state index in [0.29, 0.717) is 0 Å². The first kappa shape index (κ1) is 6.90. The number of hydrogen-bond donors (Lipinski definition) is 0. The first-order valence-electron chi connectivity index (χ1n) is 3.54. The molecule has 0 N–H and O–H groups in total. The summed E-state index contributed by atoms with van der Waals surface area (Å²) in [4.78, 5) is 0. The molecule has 0 atom stereocenters. The molecule has 2 rings (SSSR count). The second kappa shape index (κ2) is 2.69. The molecule has 0 fully saturated rings. The summed E-state index contributed by atoms with van der Waals surface area (Å²) in [5.74, 6) is 0. The Morgan fingerprint density at radius 2 is 1.55 bits per heavy atom. The normalized spacial score (nSPS) is 10.3. The topological polar surface area (TPSA) is 0 Å². The van der Waals surface area contributed by atoms with Crippen molar-refractivity contribution in [2.24, 2.45) is 0 Å². The second-order valence-corrected chi connectivity index (χ2v) is 3.61. The molecule has 0 aliphatic rings. The molecule has 0 amide bonds. The molecule has 0 aliphatic heterocycles. The minimum atomic E-state index is 1.26. The Labute approximate surface area is 74.0 Å². The average molecular weight is 207 g/mol. The van der Waals surface area contributed by atoms with E-state index in [1.165, 1.54) is 15.2 Å². The number of hydrogen-bond acceptors (Lipinski definition) is 0. The zero-order chi connectivity index (χ0) is 7.68. The van der Waals surface area contributed by atoms with Crippen LogP contribution in [0.5, 0.6) is 0 Å². The Bertz CT molecular complexity index is 379. The van der Waals surface area contributed by atoms with Crippen LogP contribution in [0.4, 0.5) is 0 Å². The average Bonchev–Trinajstić information content (AvgIpc) is 2.04. The van der Waals surface area contributed by atoms with E-state index in [2.05, 4.69) is 58.5 Å². The maximum atomic E-state index is 2.56. The molecular weight excluding hydrogens is 199 g/mol. The summed E-state index contributed by atoms with van der Waals surface area (Å²) in [5, 5.41) is 2.62. The van der Waals surface area contributed by atoms with Gasteiger partial charge in [0.1, 0.15) is 0 Å². The van der Waals surface area contributed by atoms with Crippen molar-refractivity contribution in [1.29, 1.82) is 0 Å². The molecule has 54 valence electrons. The summed E-state index contributed by atoms with van der Waals surface area (Å²) in [6.07, 6.45) is 0. The predicted octanol–water partition coefficient (Wildman–Crippen LogP) is 1.37. The van der Waals surface area contributed by atoms with Crippen LogP contribution in [0.25, 0.3) is 10.8 Å². The summed E-state index contributed by atoms with van der Waals surface area (Å²) in [6.45, 7) is 0. The van der Waals surface area contributed by atoms with Crippen molar-refractivity contribution in [1.82, 2.24) is 0 Å². The molecule has 0 radical (unpaired) electrons. The van der Waals surface area contributed by atoms with Gasteiger partial charge in [0.2, 0.25) is 0 Å². The van der Waals surface area contributed by atoms with Gasteiger partial charge in [0.15, 0.2) is 0 Å². The number of rotatable bonds is 0. The molecule has 0 aliphatic carbocycles. The van der Waals surface area contributed by atoms with Crippen molar-refractivity contribution in [3.63, 3.8) is 0 Å². The molecule has 0 heterocycles. The third-order valence-corrected chi connectivity index (χ3v) is 2.32. The Hall–Kier alpha value is -0.781. The molecule has 0 saturated heterocycles. The van der Waals surface area contributed by atoms with Gasteiger partial charge in [-0.3, -0.25) is 0 Å². The van der Waals surface area contributed by atoms with E-state index in [1.54, 1.807) is 0 Å². The van der Waals surface area contributed by atoms with E-state index in [9.17, 15) is 0 Å². The van der Waals surface area contributed by atoms with E-state index in [0.717, 1.165) is 0 Å². The standard InChI is InChI=1S/C10H8Se/c11-10-6-5-8-3-1-2-4-9(8)7-10/h1-7,11H. The number of benzene rings is 2. The minimum absolute atomic E-state index is 1.26. The van der Waals surface area contributed by atoms with Crippen LogP contribution < -0.4 is 4.46 Å². The third kappa shape index (κ3) is 1.30. The number of fused-ring (bicyclic) bond motifs is 1. The van der Waals surface area contributed by atoms with E-state index in [1.807, 2.05) is 0 Å². The molecular formula is C10H8Se. The van der Waals surface area contributed by atoms with E-state index < -0.39 is 0 Å². The van der Waals surface area contributed by atoms with Gasteiger partial charge in [0, 0.05) is 0 Å². The van der Waals surface area contributed by atoms with Crippen molar-refractivity contribution in [3.8, 4) is 0 Å². The van der Waals surface area contributed by atoms with Crippen LogP contribution in [0.3, 0.4) is 0 Å². The van der Waals surface area contributed by atoms with Gasteiger partial charge in [-0.05, 0) is 0 Å². The van der Waals surface area contributed by atoms with Crippen molar-refractivity contribution in [2.75, 3.05) is 0 Å². The van der Waals surface area contributed by atoms with Crippen LogP contribution in [-0.2, 0) is 0 Å². The Balaban J connectivity index is 2.83. The first-order chi connectivity index (χ1) is 5.36. The van der Waals surface area contributed by atoms with Crippen molar-refractivity contribution < 1.29 is 0 Å². The zero-order valence-corrected chi connectivity index (χ0v) is 7.87.